The molecular formula is C7H4F5IO. The quantitative estimate of drug-likeness (QED) is 0.589. The molecule has 1 aromatic carbocycles. The molecule has 0 aliphatic heterocycles. The number of halogens is 6. The van der Waals surface area contributed by atoms with Gasteiger partial charge in [0.2, 0.25) is 0 Å². The fraction of sp³-hybridized carbons (Fsp3) is 0.143. The Bertz CT molecular complexity index is 311. The molecule has 0 saturated heterocycles. The van der Waals surface area contributed by atoms with Crippen LogP contribution >= 0.6 is 21.0 Å². The van der Waals surface area contributed by atoms with Crippen molar-refractivity contribution in [3.05, 3.63) is 27.8 Å². The van der Waals surface area contributed by atoms with Gasteiger partial charge in [-0.2, -0.15) is 0 Å². The van der Waals surface area contributed by atoms with E-state index in [2.05, 4.69) is 4.74 Å². The van der Waals surface area contributed by atoms with E-state index in [0.717, 1.165) is 12.1 Å². The molecule has 0 aliphatic carbocycles. The fourth-order valence-corrected chi connectivity index (χ4v) is 1.94. The predicted octanol–water partition coefficient (Wildman–Crippen LogP) is 4.03. The Labute approximate surface area is 84.8 Å². The summed E-state index contributed by atoms with van der Waals surface area (Å²) in [6.07, 6.45) is -4.93. The minimum absolute atomic E-state index is 0.617. The van der Waals surface area contributed by atoms with Crippen LogP contribution in [0.25, 0.3) is 0 Å². The zero-order valence-electron chi connectivity index (χ0n) is 6.49. The van der Waals surface area contributed by atoms with E-state index in [0.29, 0.717) is 0 Å². The van der Waals surface area contributed by atoms with Crippen molar-refractivity contribution in [2.75, 3.05) is 0 Å². The van der Waals surface area contributed by atoms with Crippen LogP contribution in [0.1, 0.15) is 0 Å². The second kappa shape index (κ2) is 4.28. The van der Waals surface area contributed by atoms with Gasteiger partial charge < -0.3 is 0 Å². The second-order valence-electron chi connectivity index (χ2n) is 2.18. The summed E-state index contributed by atoms with van der Waals surface area (Å²) in [7, 11) is 0. The molecule has 0 atom stereocenters. The van der Waals surface area contributed by atoms with Crippen molar-refractivity contribution in [3.8, 4) is 5.75 Å². The molecule has 7 heteroatoms. The van der Waals surface area contributed by atoms with Crippen LogP contribution in [0.15, 0.2) is 24.3 Å². The van der Waals surface area contributed by atoms with E-state index in [1.807, 2.05) is 0 Å². The zero-order valence-corrected chi connectivity index (χ0v) is 8.64. The van der Waals surface area contributed by atoms with Gasteiger partial charge in [-0.1, -0.05) is 0 Å². The SMILES string of the molecule is FI(F)c1ccccc1OC(F)(F)F. The third-order valence-corrected chi connectivity index (χ3v) is 2.99. The van der Waals surface area contributed by atoms with Gasteiger partial charge in [0, 0.05) is 0 Å². The Hall–Kier alpha value is -0.600. The molecule has 0 spiro atoms. The molecule has 0 radical (unpaired) electrons. The van der Waals surface area contributed by atoms with Gasteiger partial charge in [0.1, 0.15) is 0 Å². The number of alkyl halides is 3. The molecule has 0 bridgehead atoms. The molecule has 0 aliphatic rings. The van der Waals surface area contributed by atoms with Gasteiger partial charge in [-0.3, -0.25) is 0 Å². The molecule has 0 amide bonds. The number of rotatable bonds is 2. The monoisotopic (exact) mass is 326 g/mol. The minimum atomic E-state index is -4.93. The van der Waals surface area contributed by atoms with E-state index >= 15 is 0 Å². The maximum absolute atomic E-state index is 12.3. The molecule has 0 N–H and O–H groups in total. The Morgan fingerprint density at radius 1 is 1.07 bits per heavy atom. The summed E-state index contributed by atoms with van der Waals surface area (Å²) < 4.78 is 62.7. The first-order valence-electron chi connectivity index (χ1n) is 3.28. The first-order chi connectivity index (χ1) is 6.40. The van der Waals surface area contributed by atoms with Gasteiger partial charge in [0.25, 0.3) is 0 Å². The topological polar surface area (TPSA) is 9.23 Å². The van der Waals surface area contributed by atoms with Crippen molar-refractivity contribution < 1.29 is 23.6 Å². The summed E-state index contributed by atoms with van der Waals surface area (Å²) in [5.74, 6) is -0.796. The molecule has 1 nitrogen and oxygen atoms in total. The number of para-hydroxylation sites is 1. The van der Waals surface area contributed by atoms with Crippen LogP contribution in [0.4, 0.5) is 18.9 Å². The molecule has 80 valence electrons. The van der Waals surface area contributed by atoms with E-state index in [9.17, 15) is 18.9 Å². The number of benzene rings is 1. The Morgan fingerprint density at radius 3 is 2.14 bits per heavy atom. The van der Waals surface area contributed by atoms with E-state index in [-0.39, 0.29) is 0 Å². The van der Waals surface area contributed by atoms with Crippen molar-refractivity contribution >= 4 is 21.0 Å². The molecule has 0 saturated carbocycles. The second-order valence-corrected chi connectivity index (χ2v) is 4.46. The van der Waals surface area contributed by atoms with Gasteiger partial charge in [0.05, 0.1) is 0 Å². The van der Waals surface area contributed by atoms with Crippen LogP contribution in [-0.2, 0) is 0 Å². The molecule has 0 fully saturated rings. The van der Waals surface area contributed by atoms with Gasteiger partial charge in [-0.25, -0.2) is 0 Å². The van der Waals surface area contributed by atoms with Crippen molar-refractivity contribution in [1.29, 1.82) is 0 Å². The van der Waals surface area contributed by atoms with Crippen LogP contribution in [0.2, 0.25) is 0 Å². The Balaban J connectivity index is 2.96. The first-order valence-corrected chi connectivity index (χ1v) is 5.99. The van der Waals surface area contributed by atoms with Crippen molar-refractivity contribution in [1.82, 2.24) is 0 Å². The van der Waals surface area contributed by atoms with E-state index in [1.165, 1.54) is 12.1 Å². The summed E-state index contributed by atoms with van der Waals surface area (Å²) in [6, 6.07) is 4.30. The summed E-state index contributed by atoms with van der Waals surface area (Å²) in [5.41, 5.74) is 0. The first kappa shape index (κ1) is 11.5. The normalized spacial score (nSPS) is 12.5. The molecular weight excluding hydrogens is 322 g/mol. The van der Waals surface area contributed by atoms with Gasteiger partial charge in [-0.15, -0.1) is 0 Å². The third-order valence-electron chi connectivity index (χ3n) is 1.22. The van der Waals surface area contributed by atoms with Gasteiger partial charge in [0.15, 0.2) is 0 Å². The van der Waals surface area contributed by atoms with Gasteiger partial charge in [-0.05, 0) is 0 Å². The number of ether oxygens (including phenoxy) is 1. The van der Waals surface area contributed by atoms with E-state index in [4.69, 9.17) is 0 Å². The van der Waals surface area contributed by atoms with E-state index in [1.54, 1.807) is 0 Å². The fourth-order valence-electron chi connectivity index (χ4n) is 0.770. The summed E-state index contributed by atoms with van der Waals surface area (Å²) in [4.78, 5) is 0. The van der Waals surface area contributed by atoms with Crippen LogP contribution in [-0.4, -0.2) is 6.36 Å². The zero-order chi connectivity index (χ0) is 10.8. The Kier molecular flexibility index (Phi) is 3.51. The summed E-state index contributed by atoms with van der Waals surface area (Å²) >= 11 is -4.45. The standard InChI is InChI=1S/C7H4F5IO/c8-7(9,10)14-6-4-2-1-3-5(6)13(11)12/h1-4H. The van der Waals surface area contributed by atoms with Crippen LogP contribution < -0.4 is 4.74 Å². The molecule has 1 rings (SSSR count). The summed E-state index contributed by atoms with van der Waals surface area (Å²) in [5, 5.41) is 0. The molecule has 0 unspecified atom stereocenters. The third kappa shape index (κ3) is 3.28. The molecule has 0 heterocycles. The molecule has 0 aromatic heterocycles. The predicted molar refractivity (Wildman–Crippen MR) is 48.1 cm³/mol. The van der Waals surface area contributed by atoms with Crippen molar-refractivity contribution in [2.45, 2.75) is 6.36 Å². The van der Waals surface area contributed by atoms with Crippen molar-refractivity contribution in [2.24, 2.45) is 0 Å². The summed E-state index contributed by atoms with van der Waals surface area (Å²) in [6.45, 7) is 0. The van der Waals surface area contributed by atoms with Gasteiger partial charge >= 0.3 is 84.5 Å². The number of hydrogen-bond donors (Lipinski definition) is 0. The average Bonchev–Trinajstić information content (AvgIpc) is 2.01. The molecule has 1 aromatic rings. The van der Waals surface area contributed by atoms with Crippen LogP contribution in [0.3, 0.4) is 0 Å². The average molecular weight is 326 g/mol. The maximum atomic E-state index is 12.3. The van der Waals surface area contributed by atoms with E-state index < -0.39 is 36.6 Å². The van der Waals surface area contributed by atoms with Crippen LogP contribution in [0.5, 0.6) is 5.75 Å². The Morgan fingerprint density at radius 2 is 1.64 bits per heavy atom. The van der Waals surface area contributed by atoms with Crippen molar-refractivity contribution in [3.63, 3.8) is 0 Å². The molecule has 14 heavy (non-hydrogen) atoms. The van der Waals surface area contributed by atoms with Crippen LogP contribution in [0, 0.1) is 3.57 Å². The number of hydrogen-bond acceptors (Lipinski definition) is 1.